The van der Waals surface area contributed by atoms with E-state index >= 15 is 0 Å². The molecule has 0 spiro atoms. The van der Waals surface area contributed by atoms with Crippen LogP contribution in [0.4, 0.5) is 14.0 Å². The van der Waals surface area contributed by atoms with Crippen LogP contribution < -0.4 is 34.3 Å². The molecule has 0 aromatic heterocycles. The molecular formula is C32H42Cl2FN2NaO6. The molecule has 3 aliphatic rings. The van der Waals surface area contributed by atoms with Gasteiger partial charge >= 0.3 is 41.7 Å². The fourth-order valence-electron chi connectivity index (χ4n) is 5.43. The number of carbonyl (C=O) groups is 2. The van der Waals surface area contributed by atoms with Gasteiger partial charge in [-0.3, -0.25) is 0 Å². The van der Waals surface area contributed by atoms with Crippen molar-refractivity contribution >= 4 is 35.4 Å². The minimum atomic E-state index is -0.703. The molecule has 2 aromatic carbocycles. The van der Waals surface area contributed by atoms with Crippen LogP contribution in [0.5, 0.6) is 5.75 Å². The Hall–Kier alpha value is -1.75. The zero-order chi connectivity index (χ0) is 31.7. The average molecular weight is 664 g/mol. The number of hydrogen-bond acceptors (Lipinski definition) is 6. The molecule has 2 saturated heterocycles. The van der Waals surface area contributed by atoms with Gasteiger partial charge in [0, 0.05) is 35.0 Å². The van der Waals surface area contributed by atoms with Gasteiger partial charge in [0.15, 0.2) is 0 Å². The summed E-state index contributed by atoms with van der Waals surface area (Å²) in [5.74, 6) is 0.600. The van der Waals surface area contributed by atoms with Crippen molar-refractivity contribution in [2.45, 2.75) is 77.8 Å². The summed E-state index contributed by atoms with van der Waals surface area (Å²) in [5.41, 5.74) is 0.513. The fourth-order valence-corrected chi connectivity index (χ4v) is 5.82. The first-order valence-corrected chi connectivity index (χ1v) is 15.3. The molecule has 12 heteroatoms. The summed E-state index contributed by atoms with van der Waals surface area (Å²) in [7, 11) is 0. The third kappa shape index (κ3) is 10.1. The quantitative estimate of drug-likeness (QED) is 0.492. The summed E-state index contributed by atoms with van der Waals surface area (Å²) in [4.78, 5) is 27.4. The molecule has 2 fully saturated rings. The van der Waals surface area contributed by atoms with Crippen molar-refractivity contribution in [1.29, 1.82) is 0 Å². The third-order valence-corrected chi connectivity index (χ3v) is 7.83. The van der Waals surface area contributed by atoms with E-state index < -0.39 is 23.4 Å². The van der Waals surface area contributed by atoms with Gasteiger partial charge in [-0.2, -0.15) is 0 Å². The number of likely N-dealkylation sites (tertiary alicyclic amines) is 2. The SMILES string of the molecule is CC(C)(C)OC(=O)N1C[C@@H](Cc2cc(Cl)ccc2F)[C@H](O)C1.CC(C)(C)OC(=O)N1C[C@H]2Cc3cc(Cl)ccc3O[C@@H]2C1.[H-].[Na+]. The number of β-amino-alcohol motifs (C(OH)–C–C–N with tert-alkyl or cyclic N) is 1. The van der Waals surface area contributed by atoms with Crippen LogP contribution in [0.15, 0.2) is 36.4 Å². The molecule has 44 heavy (non-hydrogen) atoms. The van der Waals surface area contributed by atoms with E-state index in [1.54, 1.807) is 31.7 Å². The van der Waals surface area contributed by atoms with Gasteiger partial charge < -0.3 is 30.5 Å². The van der Waals surface area contributed by atoms with Gasteiger partial charge in [-0.15, -0.1) is 0 Å². The maximum Gasteiger partial charge on any atom is 1.00 e. The molecule has 3 heterocycles. The summed E-state index contributed by atoms with van der Waals surface area (Å²) in [6, 6.07) is 10.0. The van der Waals surface area contributed by atoms with E-state index in [4.69, 9.17) is 37.4 Å². The number of nitrogens with zero attached hydrogens (tertiary/aromatic N) is 2. The predicted molar refractivity (Wildman–Crippen MR) is 164 cm³/mol. The van der Waals surface area contributed by atoms with Crippen LogP contribution in [-0.2, 0) is 22.3 Å². The standard InChI is InChI=1S/C16H21ClFNO3.C16H20ClNO3.Na.H/c1-16(2,3)22-15(21)19-8-11(14(20)9-19)6-10-7-12(17)4-5-13(10)18;1-16(2,3)21-15(19)18-8-11-6-10-7-12(17)4-5-13(10)20-14(11)9-18;;/h4-5,7,11,14,20H,6,8-9H2,1-3H3;4-5,7,11,14H,6,8-9H2,1-3H3;;/q;;+1;-1/t2*11-,14-;;/m11../s1. The number of aliphatic hydroxyl groups excluding tert-OH is 1. The van der Waals surface area contributed by atoms with Crippen LogP contribution in [0.25, 0.3) is 0 Å². The van der Waals surface area contributed by atoms with E-state index in [0.717, 1.165) is 22.8 Å². The molecule has 8 nitrogen and oxygen atoms in total. The number of ether oxygens (including phenoxy) is 3. The first-order chi connectivity index (χ1) is 20.0. The van der Waals surface area contributed by atoms with E-state index in [1.165, 1.54) is 17.0 Å². The van der Waals surface area contributed by atoms with Gasteiger partial charge in [-0.05, 0) is 102 Å². The van der Waals surface area contributed by atoms with Crippen molar-refractivity contribution < 1.29 is 64.3 Å². The maximum absolute atomic E-state index is 13.8. The van der Waals surface area contributed by atoms with E-state index in [0.29, 0.717) is 42.6 Å². The first-order valence-electron chi connectivity index (χ1n) is 14.5. The molecular weight excluding hydrogens is 621 g/mol. The number of benzene rings is 2. The van der Waals surface area contributed by atoms with E-state index in [1.807, 2.05) is 39.0 Å². The van der Waals surface area contributed by atoms with Gasteiger partial charge in [0.2, 0.25) is 0 Å². The second kappa shape index (κ2) is 14.8. The van der Waals surface area contributed by atoms with Crippen molar-refractivity contribution in [2.24, 2.45) is 11.8 Å². The normalized spacial score (nSPS) is 22.5. The second-order valence-electron chi connectivity index (χ2n) is 13.4. The van der Waals surface area contributed by atoms with E-state index in [9.17, 15) is 19.1 Å². The van der Waals surface area contributed by atoms with Crippen molar-refractivity contribution in [3.8, 4) is 5.75 Å². The molecule has 3 aliphatic heterocycles. The van der Waals surface area contributed by atoms with Crippen molar-refractivity contribution in [1.82, 2.24) is 9.80 Å². The van der Waals surface area contributed by atoms with Gasteiger partial charge in [-0.25, -0.2) is 14.0 Å². The smallest absolute Gasteiger partial charge is 1.00 e. The van der Waals surface area contributed by atoms with Gasteiger partial charge in [0.25, 0.3) is 0 Å². The van der Waals surface area contributed by atoms with Crippen molar-refractivity contribution in [2.75, 3.05) is 26.2 Å². The molecule has 0 saturated carbocycles. The van der Waals surface area contributed by atoms with Crippen LogP contribution in [0.2, 0.25) is 10.0 Å². The summed E-state index contributed by atoms with van der Waals surface area (Å²) >= 11 is 11.9. The Bertz CT molecular complexity index is 1340. The molecule has 0 aliphatic carbocycles. The van der Waals surface area contributed by atoms with E-state index in [2.05, 4.69) is 0 Å². The minimum Gasteiger partial charge on any atom is -1.00 e. The van der Waals surface area contributed by atoms with Crippen molar-refractivity contribution in [3.63, 3.8) is 0 Å². The number of aliphatic hydroxyl groups is 1. The molecule has 0 bridgehead atoms. The van der Waals surface area contributed by atoms with Crippen LogP contribution in [-0.4, -0.2) is 76.7 Å². The molecule has 2 aromatic rings. The Labute approximate surface area is 292 Å². The summed E-state index contributed by atoms with van der Waals surface area (Å²) in [6.07, 6.45) is -0.160. The third-order valence-electron chi connectivity index (χ3n) is 7.36. The number of halogens is 3. The average Bonchev–Trinajstić information content (AvgIpc) is 3.46. The number of amides is 2. The van der Waals surface area contributed by atoms with E-state index in [-0.39, 0.29) is 61.5 Å². The van der Waals surface area contributed by atoms with Crippen LogP contribution in [0.1, 0.15) is 54.1 Å². The molecule has 0 radical (unpaired) electrons. The first kappa shape index (κ1) is 36.7. The van der Waals surface area contributed by atoms with Crippen LogP contribution >= 0.6 is 23.2 Å². The topological polar surface area (TPSA) is 88.5 Å². The molecule has 2 amide bonds. The zero-order valence-electron chi connectivity index (χ0n) is 27.5. The van der Waals surface area contributed by atoms with Crippen LogP contribution in [0, 0.1) is 17.7 Å². The number of carbonyl (C=O) groups excluding carboxylic acids is 2. The Morgan fingerprint density at radius 1 is 0.932 bits per heavy atom. The number of hydrogen-bond donors (Lipinski definition) is 1. The summed E-state index contributed by atoms with van der Waals surface area (Å²) in [6.45, 7) is 12.8. The van der Waals surface area contributed by atoms with Gasteiger partial charge in [0.1, 0.15) is 28.9 Å². The molecule has 238 valence electrons. The predicted octanol–water partition coefficient (Wildman–Crippen LogP) is 3.88. The fraction of sp³-hybridized carbons (Fsp3) is 0.562. The van der Waals surface area contributed by atoms with Crippen molar-refractivity contribution in [3.05, 3.63) is 63.4 Å². The Kier molecular flexibility index (Phi) is 12.3. The maximum atomic E-state index is 13.8. The number of fused-ring (bicyclic) bond motifs is 2. The second-order valence-corrected chi connectivity index (χ2v) is 14.3. The molecule has 4 atom stereocenters. The van der Waals surface area contributed by atoms with Gasteiger partial charge in [-0.1, -0.05) is 23.2 Å². The largest absolute Gasteiger partial charge is 1.00 e. The molecule has 1 N–H and O–H groups in total. The molecule has 5 rings (SSSR count). The summed E-state index contributed by atoms with van der Waals surface area (Å²) < 4.78 is 30.5. The Morgan fingerprint density at radius 3 is 2.11 bits per heavy atom. The van der Waals surface area contributed by atoms with Crippen LogP contribution in [0.3, 0.4) is 0 Å². The monoisotopic (exact) mass is 662 g/mol. The zero-order valence-corrected chi connectivity index (χ0v) is 30.0. The summed E-state index contributed by atoms with van der Waals surface area (Å²) in [5, 5.41) is 11.3. The minimum absolute atomic E-state index is 0. The Balaban J connectivity index is 0.000000300. The Morgan fingerprint density at radius 2 is 1.50 bits per heavy atom. The number of rotatable bonds is 2. The van der Waals surface area contributed by atoms with Gasteiger partial charge in [0.05, 0.1) is 19.2 Å². The molecule has 0 unspecified atom stereocenters.